The predicted molar refractivity (Wildman–Crippen MR) is 145 cm³/mol. The minimum atomic E-state index is -1.21. The molecule has 10 nitrogen and oxygen atoms in total. The Kier molecular flexibility index (Phi) is 9.40. The molecule has 0 saturated carbocycles. The third-order valence-corrected chi connectivity index (χ3v) is 6.14. The number of urea groups is 1. The first-order valence-corrected chi connectivity index (χ1v) is 13.5. The van der Waals surface area contributed by atoms with Gasteiger partial charge in [0.1, 0.15) is 23.3 Å². The van der Waals surface area contributed by atoms with E-state index in [1.807, 2.05) is 6.92 Å². The average Bonchev–Trinajstić information content (AvgIpc) is 3.47. The molecule has 3 atom stereocenters. The quantitative estimate of drug-likeness (QED) is 0.462. The summed E-state index contributed by atoms with van der Waals surface area (Å²) in [6.07, 6.45) is 1.79. The van der Waals surface area contributed by atoms with Gasteiger partial charge in [-0.2, -0.15) is 4.98 Å². The van der Waals surface area contributed by atoms with Crippen LogP contribution in [0.1, 0.15) is 103 Å². The Morgan fingerprint density at radius 2 is 1.72 bits per heavy atom. The third kappa shape index (κ3) is 9.07. The van der Waals surface area contributed by atoms with Crippen molar-refractivity contribution >= 4 is 18.0 Å². The molecule has 0 radical (unpaired) electrons. The molecule has 1 aliphatic heterocycles. The first kappa shape index (κ1) is 30.1. The van der Waals surface area contributed by atoms with Crippen LogP contribution in [-0.2, 0) is 25.5 Å². The smallest absolute Gasteiger partial charge is 0.329 e. The number of aromatic nitrogens is 2. The zero-order chi connectivity index (χ0) is 29.0. The fourth-order valence-corrected chi connectivity index (χ4v) is 4.37. The summed E-state index contributed by atoms with van der Waals surface area (Å²) in [6, 6.07) is 6.18. The molecule has 39 heavy (non-hydrogen) atoms. The number of carbonyl (C=O) groups excluding carboxylic acids is 3. The van der Waals surface area contributed by atoms with Crippen LogP contribution in [0.5, 0.6) is 0 Å². The van der Waals surface area contributed by atoms with E-state index < -0.39 is 41.3 Å². The molecule has 3 rings (SSSR count). The number of nitrogens with zero attached hydrogens (tertiary/aromatic N) is 3. The van der Waals surface area contributed by atoms with E-state index in [0.29, 0.717) is 24.7 Å². The molecule has 1 aromatic heterocycles. The summed E-state index contributed by atoms with van der Waals surface area (Å²) in [7, 11) is 0. The Morgan fingerprint density at radius 1 is 1.08 bits per heavy atom. The SMILES string of the molecule is Cc1ccc(C[C@H](C)c2noc([C@@H]3CCCN3C(=O)NC(CC(=O)OC(C)(C)C)C(=O)OC(C)(C)C)n2)cc1. The highest BCUT2D eigenvalue weighted by Gasteiger charge is 2.38. The van der Waals surface area contributed by atoms with E-state index in [1.54, 1.807) is 46.4 Å². The van der Waals surface area contributed by atoms with E-state index in [9.17, 15) is 14.4 Å². The van der Waals surface area contributed by atoms with Gasteiger partial charge in [0.15, 0.2) is 5.82 Å². The predicted octanol–water partition coefficient (Wildman–Crippen LogP) is 5.01. The van der Waals surface area contributed by atoms with Crippen molar-refractivity contribution in [2.45, 2.75) is 110 Å². The van der Waals surface area contributed by atoms with Gasteiger partial charge in [-0.05, 0) is 73.3 Å². The van der Waals surface area contributed by atoms with E-state index in [1.165, 1.54) is 11.1 Å². The molecule has 0 aliphatic carbocycles. The zero-order valence-corrected chi connectivity index (χ0v) is 24.4. The van der Waals surface area contributed by atoms with Crippen molar-refractivity contribution < 1.29 is 28.4 Å². The standard InChI is InChI=1S/C29H42N4O6/c1-18-11-13-20(14-12-18)16-19(2)24-31-25(39-32-24)22-10-9-15-33(22)27(36)30-21(26(35)38-29(6,7)8)17-23(34)37-28(3,4)5/h11-14,19,21-22H,9-10,15-17H2,1-8H3,(H,30,36)/t19-,21?,22-/m0/s1. The number of amides is 2. The number of hydrogen-bond acceptors (Lipinski definition) is 8. The van der Waals surface area contributed by atoms with Gasteiger partial charge < -0.3 is 24.2 Å². The zero-order valence-electron chi connectivity index (χ0n) is 24.4. The topological polar surface area (TPSA) is 124 Å². The molecule has 0 bridgehead atoms. The van der Waals surface area contributed by atoms with Gasteiger partial charge in [-0.15, -0.1) is 0 Å². The molecule has 2 heterocycles. The lowest BCUT2D eigenvalue weighted by Gasteiger charge is -2.28. The number of rotatable bonds is 8. The van der Waals surface area contributed by atoms with E-state index in [0.717, 1.165) is 12.8 Å². The molecule has 1 aliphatic rings. The van der Waals surface area contributed by atoms with Gasteiger partial charge in [-0.3, -0.25) is 4.79 Å². The number of nitrogens with one attached hydrogen (secondary N) is 1. The van der Waals surface area contributed by atoms with Crippen molar-refractivity contribution in [2.75, 3.05) is 6.54 Å². The highest BCUT2D eigenvalue weighted by Crippen LogP contribution is 2.32. The van der Waals surface area contributed by atoms with E-state index in [2.05, 4.69) is 46.6 Å². The molecule has 1 unspecified atom stereocenters. The summed E-state index contributed by atoms with van der Waals surface area (Å²) >= 11 is 0. The molecule has 10 heteroatoms. The van der Waals surface area contributed by atoms with E-state index in [-0.39, 0.29) is 12.3 Å². The van der Waals surface area contributed by atoms with Gasteiger partial charge in [-0.1, -0.05) is 41.9 Å². The summed E-state index contributed by atoms with van der Waals surface area (Å²) in [5.74, 6) is -0.355. The molecular formula is C29H42N4O6. The number of carbonyl (C=O) groups is 3. The summed E-state index contributed by atoms with van der Waals surface area (Å²) in [5.41, 5.74) is 0.859. The average molecular weight is 543 g/mol. The van der Waals surface area contributed by atoms with E-state index in [4.69, 9.17) is 14.0 Å². The fourth-order valence-electron chi connectivity index (χ4n) is 4.37. The highest BCUT2D eigenvalue weighted by molar-refractivity contribution is 5.88. The number of hydrogen-bond donors (Lipinski definition) is 1. The number of ether oxygens (including phenoxy) is 2. The van der Waals surface area contributed by atoms with Crippen molar-refractivity contribution in [3.63, 3.8) is 0 Å². The largest absolute Gasteiger partial charge is 0.460 e. The van der Waals surface area contributed by atoms with Gasteiger partial charge in [0.2, 0.25) is 5.89 Å². The molecule has 214 valence electrons. The number of likely N-dealkylation sites (tertiary alicyclic amines) is 1. The van der Waals surface area contributed by atoms with Crippen LogP contribution in [0.3, 0.4) is 0 Å². The number of benzene rings is 1. The second-order valence-corrected chi connectivity index (χ2v) is 12.3. The van der Waals surface area contributed by atoms with Crippen LogP contribution in [0.2, 0.25) is 0 Å². The van der Waals surface area contributed by atoms with Crippen molar-refractivity contribution in [3.8, 4) is 0 Å². The van der Waals surface area contributed by atoms with Crippen LogP contribution in [0.4, 0.5) is 4.79 Å². The Hall–Kier alpha value is -3.43. The second-order valence-electron chi connectivity index (χ2n) is 12.3. The first-order chi connectivity index (χ1) is 18.1. The Morgan fingerprint density at radius 3 is 2.33 bits per heavy atom. The van der Waals surface area contributed by atoms with Crippen molar-refractivity contribution in [3.05, 3.63) is 47.1 Å². The van der Waals surface area contributed by atoms with Crippen molar-refractivity contribution in [1.82, 2.24) is 20.4 Å². The lowest BCUT2D eigenvalue weighted by atomic mass is 10.00. The number of aryl methyl sites for hydroxylation is 1. The van der Waals surface area contributed by atoms with Gasteiger partial charge in [-0.25, -0.2) is 9.59 Å². The second kappa shape index (κ2) is 12.2. The van der Waals surface area contributed by atoms with E-state index >= 15 is 0 Å². The third-order valence-electron chi connectivity index (χ3n) is 6.14. The molecular weight excluding hydrogens is 500 g/mol. The van der Waals surface area contributed by atoms with Gasteiger partial charge in [0, 0.05) is 12.5 Å². The highest BCUT2D eigenvalue weighted by atomic mass is 16.6. The lowest BCUT2D eigenvalue weighted by molar-refractivity contribution is -0.164. The Labute approximate surface area is 230 Å². The summed E-state index contributed by atoms with van der Waals surface area (Å²) in [6.45, 7) is 14.9. The van der Waals surface area contributed by atoms with Crippen LogP contribution in [-0.4, -0.2) is 56.8 Å². The summed E-state index contributed by atoms with van der Waals surface area (Å²) < 4.78 is 16.4. The van der Waals surface area contributed by atoms with Crippen molar-refractivity contribution in [1.29, 1.82) is 0 Å². The van der Waals surface area contributed by atoms with Gasteiger partial charge >= 0.3 is 18.0 Å². The summed E-state index contributed by atoms with van der Waals surface area (Å²) in [4.78, 5) is 45.0. The molecule has 1 N–H and O–H groups in total. The van der Waals surface area contributed by atoms with Crippen LogP contribution >= 0.6 is 0 Å². The first-order valence-electron chi connectivity index (χ1n) is 13.5. The van der Waals surface area contributed by atoms with Crippen LogP contribution in [0, 0.1) is 6.92 Å². The lowest BCUT2D eigenvalue weighted by Crippen LogP contribution is -2.50. The van der Waals surface area contributed by atoms with Crippen molar-refractivity contribution in [2.24, 2.45) is 0 Å². The normalized spacial score (nSPS) is 17.4. The fraction of sp³-hybridized carbons (Fsp3) is 0.621. The molecule has 2 aromatic rings. The Balaban J connectivity index is 1.70. The number of esters is 2. The molecule has 1 saturated heterocycles. The maximum atomic E-state index is 13.4. The van der Waals surface area contributed by atoms with Crippen LogP contribution in [0.25, 0.3) is 0 Å². The van der Waals surface area contributed by atoms with Crippen LogP contribution < -0.4 is 5.32 Å². The van der Waals surface area contributed by atoms with Gasteiger partial charge in [0.25, 0.3) is 0 Å². The molecule has 0 spiro atoms. The summed E-state index contributed by atoms with van der Waals surface area (Å²) in [5, 5.41) is 6.88. The Bertz CT molecular complexity index is 1150. The maximum absolute atomic E-state index is 13.4. The monoisotopic (exact) mass is 542 g/mol. The minimum absolute atomic E-state index is 0.0271. The molecule has 1 aromatic carbocycles. The van der Waals surface area contributed by atoms with Gasteiger partial charge in [0.05, 0.1) is 6.42 Å². The molecule has 2 amide bonds. The minimum Gasteiger partial charge on any atom is -0.460 e. The maximum Gasteiger partial charge on any atom is 0.329 e. The molecule has 1 fully saturated rings. The van der Waals surface area contributed by atoms with Crippen LogP contribution in [0.15, 0.2) is 28.8 Å².